The summed E-state index contributed by atoms with van der Waals surface area (Å²) in [6, 6.07) is 0. The molecule has 1 saturated heterocycles. The van der Waals surface area contributed by atoms with Crippen LogP contribution in [0.25, 0.3) is 0 Å². The number of hydrogen-bond donors (Lipinski definition) is 1. The zero-order valence-corrected chi connectivity index (χ0v) is 14.2. The Balaban J connectivity index is 2.35. The van der Waals surface area contributed by atoms with Crippen LogP contribution in [0.15, 0.2) is 0 Å². The second kappa shape index (κ2) is 7.10. The first-order chi connectivity index (χ1) is 10.0. The first kappa shape index (κ1) is 16.1. The Bertz CT molecular complexity index is 462. The van der Waals surface area contributed by atoms with Crippen molar-refractivity contribution in [1.82, 2.24) is 9.97 Å². The van der Waals surface area contributed by atoms with Gasteiger partial charge < -0.3 is 10.2 Å². The first-order valence-corrected chi connectivity index (χ1v) is 8.41. The molecule has 0 radical (unpaired) electrons. The van der Waals surface area contributed by atoms with E-state index in [0.717, 1.165) is 61.8 Å². The smallest absolute Gasteiger partial charge is 0.137 e. The average molecular weight is 290 g/mol. The summed E-state index contributed by atoms with van der Waals surface area (Å²) in [5, 5.41) is 3.40. The van der Waals surface area contributed by atoms with Crippen molar-refractivity contribution in [3.8, 4) is 0 Å². The molecular weight excluding hydrogens is 260 g/mol. The molecule has 4 nitrogen and oxygen atoms in total. The molecule has 0 saturated carbocycles. The van der Waals surface area contributed by atoms with Crippen molar-refractivity contribution in [2.24, 2.45) is 11.8 Å². The Morgan fingerprint density at radius 1 is 1.14 bits per heavy atom. The quantitative estimate of drug-likeness (QED) is 0.898. The van der Waals surface area contributed by atoms with Crippen LogP contribution in [0.2, 0.25) is 0 Å². The predicted molar refractivity (Wildman–Crippen MR) is 90.1 cm³/mol. The lowest BCUT2D eigenvalue weighted by molar-refractivity contribution is 0.355. The van der Waals surface area contributed by atoms with Gasteiger partial charge in [0.25, 0.3) is 0 Å². The molecule has 118 valence electrons. The van der Waals surface area contributed by atoms with Crippen molar-refractivity contribution < 1.29 is 0 Å². The van der Waals surface area contributed by atoms with E-state index < -0.39 is 0 Å². The summed E-state index contributed by atoms with van der Waals surface area (Å²) >= 11 is 0. The lowest BCUT2D eigenvalue weighted by atomic mass is 9.92. The number of rotatable bonds is 5. The molecule has 0 spiro atoms. The van der Waals surface area contributed by atoms with E-state index >= 15 is 0 Å². The number of hydrogen-bond acceptors (Lipinski definition) is 4. The number of nitrogens with zero attached hydrogens (tertiary/aromatic N) is 3. The summed E-state index contributed by atoms with van der Waals surface area (Å²) in [5.74, 6) is 4.60. The fourth-order valence-electron chi connectivity index (χ4n) is 3.37. The highest BCUT2D eigenvalue weighted by molar-refractivity contribution is 5.59. The topological polar surface area (TPSA) is 41.1 Å². The Labute approximate surface area is 129 Å². The zero-order chi connectivity index (χ0) is 15.4. The van der Waals surface area contributed by atoms with Gasteiger partial charge in [-0.2, -0.15) is 0 Å². The fraction of sp³-hybridized carbons (Fsp3) is 0.765. The second-order valence-corrected chi connectivity index (χ2v) is 6.57. The van der Waals surface area contributed by atoms with Crippen molar-refractivity contribution in [3.05, 3.63) is 11.4 Å². The van der Waals surface area contributed by atoms with Crippen LogP contribution >= 0.6 is 0 Å². The van der Waals surface area contributed by atoms with E-state index in [-0.39, 0.29) is 0 Å². The van der Waals surface area contributed by atoms with Crippen LogP contribution in [0.3, 0.4) is 0 Å². The summed E-state index contributed by atoms with van der Waals surface area (Å²) in [6.07, 6.45) is 3.36. The van der Waals surface area contributed by atoms with Gasteiger partial charge in [0.15, 0.2) is 0 Å². The number of aromatic nitrogens is 2. The van der Waals surface area contributed by atoms with Crippen molar-refractivity contribution >= 4 is 11.6 Å². The number of nitrogens with one attached hydrogen (secondary N) is 1. The van der Waals surface area contributed by atoms with Crippen LogP contribution in [-0.4, -0.2) is 29.6 Å². The van der Waals surface area contributed by atoms with E-state index in [1.807, 2.05) is 0 Å². The molecule has 2 rings (SSSR count). The van der Waals surface area contributed by atoms with Gasteiger partial charge in [-0.05, 0) is 38.5 Å². The van der Waals surface area contributed by atoms with E-state index in [1.54, 1.807) is 0 Å². The van der Waals surface area contributed by atoms with Crippen LogP contribution in [0, 0.1) is 18.8 Å². The van der Waals surface area contributed by atoms with Crippen LogP contribution < -0.4 is 10.2 Å². The van der Waals surface area contributed by atoms with Crippen LogP contribution in [-0.2, 0) is 6.42 Å². The minimum atomic E-state index is 0.736. The van der Waals surface area contributed by atoms with Crippen molar-refractivity contribution in [2.75, 3.05) is 29.9 Å². The molecule has 1 aromatic rings. The second-order valence-electron chi connectivity index (χ2n) is 6.57. The molecular formula is C17H30N4. The third kappa shape index (κ3) is 3.86. The van der Waals surface area contributed by atoms with Crippen molar-refractivity contribution in [3.63, 3.8) is 0 Å². The van der Waals surface area contributed by atoms with Gasteiger partial charge in [-0.25, -0.2) is 9.97 Å². The molecule has 0 bridgehead atoms. The molecule has 2 atom stereocenters. The fourth-order valence-corrected chi connectivity index (χ4v) is 3.37. The SMILES string of the molecule is CCCc1nc(NCC)c(C)c(N2CC(C)CC(C)C2)n1. The molecule has 0 amide bonds. The standard InChI is InChI=1S/C17H30N4/c1-6-8-15-19-16(18-7-2)14(5)17(20-15)21-10-12(3)9-13(4)11-21/h12-13H,6-11H2,1-5H3,(H,18,19,20). The maximum atomic E-state index is 4.87. The first-order valence-electron chi connectivity index (χ1n) is 8.41. The summed E-state index contributed by atoms with van der Waals surface area (Å²) in [5.41, 5.74) is 1.19. The monoisotopic (exact) mass is 290 g/mol. The van der Waals surface area contributed by atoms with Crippen molar-refractivity contribution in [1.29, 1.82) is 0 Å². The molecule has 21 heavy (non-hydrogen) atoms. The maximum Gasteiger partial charge on any atom is 0.137 e. The van der Waals surface area contributed by atoms with Crippen molar-refractivity contribution in [2.45, 2.75) is 53.9 Å². The molecule has 2 heterocycles. The Morgan fingerprint density at radius 3 is 2.38 bits per heavy atom. The Morgan fingerprint density at radius 2 is 1.81 bits per heavy atom. The number of anilines is 2. The highest BCUT2D eigenvalue weighted by atomic mass is 15.2. The molecule has 0 aromatic carbocycles. The maximum absolute atomic E-state index is 4.87. The average Bonchev–Trinajstić information content (AvgIpc) is 2.41. The zero-order valence-electron chi connectivity index (χ0n) is 14.2. The third-order valence-corrected chi connectivity index (χ3v) is 4.15. The molecule has 1 fully saturated rings. The molecule has 4 heteroatoms. The normalized spacial score (nSPS) is 22.4. The summed E-state index contributed by atoms with van der Waals surface area (Å²) in [4.78, 5) is 12.0. The number of aryl methyl sites for hydroxylation is 1. The van der Waals surface area contributed by atoms with E-state index in [1.165, 1.54) is 12.0 Å². The molecule has 2 unspecified atom stereocenters. The Kier molecular flexibility index (Phi) is 5.43. The molecule has 1 N–H and O–H groups in total. The van der Waals surface area contributed by atoms with Crippen LogP contribution in [0.5, 0.6) is 0 Å². The summed E-state index contributed by atoms with van der Waals surface area (Å²) < 4.78 is 0. The lowest BCUT2D eigenvalue weighted by Crippen LogP contribution is -2.39. The van der Waals surface area contributed by atoms with E-state index in [0.29, 0.717) is 0 Å². The van der Waals surface area contributed by atoms with Gasteiger partial charge in [0.2, 0.25) is 0 Å². The highest BCUT2D eigenvalue weighted by Gasteiger charge is 2.25. The van der Waals surface area contributed by atoms with Gasteiger partial charge in [-0.15, -0.1) is 0 Å². The highest BCUT2D eigenvalue weighted by Crippen LogP contribution is 2.30. The van der Waals surface area contributed by atoms with Gasteiger partial charge in [0, 0.05) is 31.6 Å². The van der Waals surface area contributed by atoms with E-state index in [9.17, 15) is 0 Å². The van der Waals surface area contributed by atoms with Gasteiger partial charge in [0.1, 0.15) is 17.5 Å². The minimum Gasteiger partial charge on any atom is -0.370 e. The van der Waals surface area contributed by atoms with E-state index in [2.05, 4.69) is 44.8 Å². The third-order valence-electron chi connectivity index (χ3n) is 4.15. The van der Waals surface area contributed by atoms with Gasteiger partial charge in [-0.3, -0.25) is 0 Å². The van der Waals surface area contributed by atoms with Crippen LogP contribution in [0.1, 0.15) is 51.9 Å². The van der Waals surface area contributed by atoms with Gasteiger partial charge in [-0.1, -0.05) is 20.8 Å². The van der Waals surface area contributed by atoms with Gasteiger partial charge >= 0.3 is 0 Å². The molecule has 1 aliphatic rings. The molecule has 1 aromatic heterocycles. The molecule has 1 aliphatic heterocycles. The van der Waals surface area contributed by atoms with Gasteiger partial charge in [0.05, 0.1) is 0 Å². The number of piperidine rings is 1. The summed E-state index contributed by atoms with van der Waals surface area (Å²) in [7, 11) is 0. The largest absolute Gasteiger partial charge is 0.370 e. The molecule has 0 aliphatic carbocycles. The predicted octanol–water partition coefficient (Wildman–Crippen LogP) is 3.65. The van der Waals surface area contributed by atoms with Crippen LogP contribution in [0.4, 0.5) is 11.6 Å². The lowest BCUT2D eigenvalue weighted by Gasteiger charge is -2.36. The summed E-state index contributed by atoms with van der Waals surface area (Å²) in [6.45, 7) is 14.3. The Hall–Kier alpha value is -1.32. The minimum absolute atomic E-state index is 0.736. The van der Waals surface area contributed by atoms with E-state index in [4.69, 9.17) is 9.97 Å².